The molecule has 1 atom stereocenters. The van der Waals surface area contributed by atoms with Gasteiger partial charge in [-0.25, -0.2) is 0 Å². The summed E-state index contributed by atoms with van der Waals surface area (Å²) in [6, 6.07) is 8.36. The summed E-state index contributed by atoms with van der Waals surface area (Å²) in [4.78, 5) is 10.3. The first-order valence-corrected chi connectivity index (χ1v) is 5.27. The highest BCUT2D eigenvalue weighted by Crippen LogP contribution is 2.12. The Morgan fingerprint density at radius 2 is 1.79 bits per heavy atom. The molecule has 0 aliphatic heterocycles. The van der Waals surface area contributed by atoms with Crippen molar-refractivity contribution in [3.8, 4) is 0 Å². The van der Waals surface area contributed by atoms with E-state index in [1.165, 1.54) is 12.0 Å². The van der Waals surface area contributed by atoms with Crippen LogP contribution in [0.5, 0.6) is 0 Å². The molecule has 0 bridgehead atoms. The third-order valence-corrected chi connectivity index (χ3v) is 2.62. The van der Waals surface area contributed by atoms with Crippen LogP contribution >= 0.6 is 0 Å². The molecular weight excluding hydrogens is 172 g/mol. The number of aldehydes is 1. The molecule has 0 spiro atoms. The minimum Gasteiger partial charge on any atom is -0.303 e. The summed E-state index contributed by atoms with van der Waals surface area (Å²) in [6.45, 7) is 4.48. The summed E-state index contributed by atoms with van der Waals surface area (Å²) in [5, 5.41) is 0. The molecule has 0 aromatic heterocycles. The molecule has 0 heterocycles. The van der Waals surface area contributed by atoms with Crippen LogP contribution in [0.1, 0.15) is 31.4 Å². The Hall–Kier alpha value is -1.11. The normalized spacial score (nSPS) is 12.4. The Kier molecular flexibility index (Phi) is 4.37. The average molecular weight is 190 g/mol. The molecule has 0 amide bonds. The summed E-state index contributed by atoms with van der Waals surface area (Å²) in [5.41, 5.74) is 2.47. The van der Waals surface area contributed by atoms with Crippen molar-refractivity contribution >= 4 is 6.29 Å². The van der Waals surface area contributed by atoms with Crippen LogP contribution in [0.3, 0.4) is 0 Å². The first-order chi connectivity index (χ1) is 6.76. The van der Waals surface area contributed by atoms with E-state index in [1.807, 2.05) is 12.1 Å². The second-order valence-corrected chi connectivity index (χ2v) is 3.90. The van der Waals surface area contributed by atoms with Gasteiger partial charge in [-0.2, -0.15) is 0 Å². The van der Waals surface area contributed by atoms with Crippen LogP contribution in [0, 0.1) is 5.92 Å². The number of hydrogen-bond donors (Lipinski definition) is 0. The van der Waals surface area contributed by atoms with Gasteiger partial charge in [0.05, 0.1) is 0 Å². The lowest BCUT2D eigenvalue weighted by molar-refractivity contribution is -0.107. The van der Waals surface area contributed by atoms with Crippen molar-refractivity contribution in [1.82, 2.24) is 0 Å². The first kappa shape index (κ1) is 11.0. The van der Waals surface area contributed by atoms with Crippen LogP contribution in [0.4, 0.5) is 0 Å². The summed E-state index contributed by atoms with van der Waals surface area (Å²) >= 11 is 0. The molecule has 14 heavy (non-hydrogen) atoms. The third kappa shape index (κ3) is 3.33. The SMILES string of the molecule is CCC(C)Cc1ccc(CC=O)cc1. The van der Waals surface area contributed by atoms with Crippen molar-refractivity contribution in [2.75, 3.05) is 0 Å². The number of carbonyl (C=O) groups is 1. The molecule has 0 saturated heterocycles. The van der Waals surface area contributed by atoms with Gasteiger partial charge in [0.1, 0.15) is 6.29 Å². The van der Waals surface area contributed by atoms with Gasteiger partial charge in [0.25, 0.3) is 0 Å². The maximum absolute atomic E-state index is 10.3. The van der Waals surface area contributed by atoms with E-state index in [-0.39, 0.29) is 0 Å². The second kappa shape index (κ2) is 5.58. The van der Waals surface area contributed by atoms with E-state index in [1.54, 1.807) is 0 Å². The Labute approximate surface area is 86.1 Å². The lowest BCUT2D eigenvalue weighted by Gasteiger charge is -2.08. The molecule has 1 nitrogen and oxygen atoms in total. The minimum atomic E-state index is 0.531. The minimum absolute atomic E-state index is 0.531. The molecule has 76 valence electrons. The average Bonchev–Trinajstić information content (AvgIpc) is 2.21. The van der Waals surface area contributed by atoms with E-state index >= 15 is 0 Å². The Morgan fingerprint density at radius 3 is 2.29 bits per heavy atom. The highest BCUT2D eigenvalue weighted by Gasteiger charge is 2.00. The zero-order valence-electron chi connectivity index (χ0n) is 8.99. The van der Waals surface area contributed by atoms with Gasteiger partial charge in [-0.1, -0.05) is 44.5 Å². The fraction of sp³-hybridized carbons (Fsp3) is 0.462. The smallest absolute Gasteiger partial charge is 0.124 e. The first-order valence-electron chi connectivity index (χ1n) is 5.27. The van der Waals surface area contributed by atoms with Gasteiger partial charge < -0.3 is 4.79 Å². The lowest BCUT2D eigenvalue weighted by atomic mass is 9.98. The molecule has 1 rings (SSSR count). The molecule has 1 unspecified atom stereocenters. The van der Waals surface area contributed by atoms with Gasteiger partial charge >= 0.3 is 0 Å². The Morgan fingerprint density at radius 1 is 1.21 bits per heavy atom. The number of hydrogen-bond acceptors (Lipinski definition) is 1. The van der Waals surface area contributed by atoms with Gasteiger partial charge in [-0.3, -0.25) is 0 Å². The van der Waals surface area contributed by atoms with Crippen LogP contribution in [0.25, 0.3) is 0 Å². The predicted molar refractivity (Wildman–Crippen MR) is 59.4 cm³/mol. The number of benzene rings is 1. The van der Waals surface area contributed by atoms with Gasteiger partial charge in [0, 0.05) is 6.42 Å². The maximum atomic E-state index is 10.3. The fourth-order valence-corrected chi connectivity index (χ4v) is 1.45. The zero-order valence-corrected chi connectivity index (χ0v) is 8.99. The molecule has 1 aromatic rings. The largest absolute Gasteiger partial charge is 0.303 e. The van der Waals surface area contributed by atoms with Crippen molar-refractivity contribution in [3.63, 3.8) is 0 Å². The second-order valence-electron chi connectivity index (χ2n) is 3.90. The summed E-state index contributed by atoms with van der Waals surface area (Å²) in [6.07, 6.45) is 3.83. The molecule has 0 saturated carbocycles. The van der Waals surface area contributed by atoms with Crippen LogP contribution in [-0.4, -0.2) is 6.29 Å². The number of rotatable bonds is 5. The van der Waals surface area contributed by atoms with Gasteiger partial charge in [0.2, 0.25) is 0 Å². The van der Waals surface area contributed by atoms with Crippen LogP contribution in [0.15, 0.2) is 24.3 Å². The van der Waals surface area contributed by atoms with E-state index in [0.717, 1.165) is 24.2 Å². The molecule has 1 aromatic carbocycles. The molecule has 0 N–H and O–H groups in total. The standard InChI is InChI=1S/C13H18O/c1-3-11(2)10-13-6-4-12(5-7-13)8-9-14/h4-7,9,11H,3,8,10H2,1-2H3. The van der Waals surface area contributed by atoms with Crippen molar-refractivity contribution in [1.29, 1.82) is 0 Å². The summed E-state index contributed by atoms with van der Waals surface area (Å²) in [7, 11) is 0. The highest BCUT2D eigenvalue weighted by molar-refractivity contribution is 5.54. The van der Waals surface area contributed by atoms with Crippen molar-refractivity contribution in [3.05, 3.63) is 35.4 Å². The lowest BCUT2D eigenvalue weighted by Crippen LogP contribution is -1.97. The van der Waals surface area contributed by atoms with E-state index < -0.39 is 0 Å². The fourth-order valence-electron chi connectivity index (χ4n) is 1.45. The molecule has 0 radical (unpaired) electrons. The number of carbonyl (C=O) groups excluding carboxylic acids is 1. The Balaban J connectivity index is 2.59. The van der Waals surface area contributed by atoms with Crippen molar-refractivity contribution in [2.45, 2.75) is 33.1 Å². The van der Waals surface area contributed by atoms with E-state index in [9.17, 15) is 4.79 Å². The molecule has 1 heteroatoms. The molecular formula is C13H18O. The van der Waals surface area contributed by atoms with E-state index in [4.69, 9.17) is 0 Å². The highest BCUT2D eigenvalue weighted by atomic mass is 16.1. The molecule has 0 aliphatic rings. The van der Waals surface area contributed by atoms with Crippen LogP contribution in [0.2, 0.25) is 0 Å². The van der Waals surface area contributed by atoms with Crippen molar-refractivity contribution < 1.29 is 4.79 Å². The van der Waals surface area contributed by atoms with Crippen molar-refractivity contribution in [2.24, 2.45) is 5.92 Å². The monoisotopic (exact) mass is 190 g/mol. The molecule has 0 aliphatic carbocycles. The predicted octanol–water partition coefficient (Wildman–Crippen LogP) is 3.02. The van der Waals surface area contributed by atoms with Crippen LogP contribution < -0.4 is 0 Å². The van der Waals surface area contributed by atoms with E-state index in [0.29, 0.717) is 6.42 Å². The van der Waals surface area contributed by atoms with Gasteiger partial charge in [0.15, 0.2) is 0 Å². The zero-order chi connectivity index (χ0) is 10.4. The van der Waals surface area contributed by atoms with Gasteiger partial charge in [-0.15, -0.1) is 0 Å². The quantitative estimate of drug-likeness (QED) is 0.652. The Bertz CT molecular complexity index is 274. The van der Waals surface area contributed by atoms with Gasteiger partial charge in [-0.05, 0) is 23.5 Å². The van der Waals surface area contributed by atoms with E-state index in [2.05, 4.69) is 26.0 Å². The van der Waals surface area contributed by atoms with Crippen LogP contribution in [-0.2, 0) is 17.6 Å². The third-order valence-electron chi connectivity index (χ3n) is 2.62. The topological polar surface area (TPSA) is 17.1 Å². The summed E-state index contributed by atoms with van der Waals surface area (Å²) in [5.74, 6) is 0.743. The summed E-state index contributed by atoms with van der Waals surface area (Å²) < 4.78 is 0. The molecule has 0 fully saturated rings. The maximum Gasteiger partial charge on any atom is 0.124 e.